The van der Waals surface area contributed by atoms with Gasteiger partial charge < -0.3 is 5.11 Å². The van der Waals surface area contributed by atoms with E-state index in [0.717, 1.165) is 13.8 Å². The molecule has 0 aromatic heterocycles. The lowest BCUT2D eigenvalue weighted by Gasteiger charge is -2.32. The van der Waals surface area contributed by atoms with Crippen molar-refractivity contribution in [2.75, 3.05) is 0 Å². The minimum Gasteiger partial charge on any atom is -0.393 e. The van der Waals surface area contributed by atoms with Gasteiger partial charge in [0.15, 0.2) is 0 Å². The number of aliphatic hydroxyl groups excluding tert-OH is 1. The van der Waals surface area contributed by atoms with E-state index in [-0.39, 0.29) is 6.32 Å². The second-order valence-corrected chi connectivity index (χ2v) is 3.14. The number of hydrogen-bond donors (Lipinski definition) is 1. The van der Waals surface area contributed by atoms with Crippen molar-refractivity contribution in [3.05, 3.63) is 0 Å². The van der Waals surface area contributed by atoms with Crippen LogP contribution in [0.2, 0.25) is 6.32 Å². The van der Waals surface area contributed by atoms with E-state index in [2.05, 4.69) is 0 Å². The van der Waals surface area contributed by atoms with Crippen molar-refractivity contribution in [3.63, 3.8) is 0 Å². The molecule has 66 valence electrons. The van der Waals surface area contributed by atoms with Crippen molar-refractivity contribution in [3.8, 4) is 0 Å². The molecule has 1 unspecified atom stereocenters. The van der Waals surface area contributed by atoms with Gasteiger partial charge in [-0.05, 0) is 13.8 Å². The van der Waals surface area contributed by atoms with Crippen LogP contribution < -0.4 is 0 Å². The van der Waals surface area contributed by atoms with E-state index < -0.39 is 17.7 Å². The predicted octanol–water partition coefficient (Wildman–Crippen LogP) is 0.987. The van der Waals surface area contributed by atoms with Gasteiger partial charge in [-0.1, -0.05) is 6.32 Å². The van der Waals surface area contributed by atoms with E-state index in [1.165, 1.54) is 7.85 Å². The monoisotopic (exact) mass is 168 g/mol. The van der Waals surface area contributed by atoms with Crippen LogP contribution in [0.3, 0.4) is 0 Å². The summed E-state index contributed by atoms with van der Waals surface area (Å²) in [5, 5.41) is 9.00. The molecule has 0 aliphatic rings. The van der Waals surface area contributed by atoms with Crippen LogP contribution in [0.5, 0.6) is 0 Å². The molecule has 1 atom stereocenters. The second-order valence-electron chi connectivity index (χ2n) is 3.14. The Morgan fingerprint density at radius 3 is 1.82 bits per heavy atom. The van der Waals surface area contributed by atoms with Gasteiger partial charge in [-0.2, -0.15) is 13.2 Å². The summed E-state index contributed by atoms with van der Waals surface area (Å²) >= 11 is 0. The van der Waals surface area contributed by atoms with Crippen molar-refractivity contribution >= 4 is 7.85 Å². The topological polar surface area (TPSA) is 20.2 Å². The SMILES string of the molecule is BCC(O)C(C)(C)C(F)(F)F. The van der Waals surface area contributed by atoms with E-state index in [0.29, 0.717) is 0 Å². The van der Waals surface area contributed by atoms with Crippen LogP contribution in [0.1, 0.15) is 13.8 Å². The first-order chi connectivity index (χ1) is 4.73. The molecule has 0 aromatic rings. The first kappa shape index (κ1) is 10.8. The Bertz CT molecular complexity index is 132. The van der Waals surface area contributed by atoms with Crippen LogP contribution in [-0.4, -0.2) is 25.2 Å². The lowest BCUT2D eigenvalue weighted by Crippen LogP contribution is -2.42. The third-order valence-electron chi connectivity index (χ3n) is 1.95. The van der Waals surface area contributed by atoms with E-state index in [1.807, 2.05) is 0 Å². The third kappa shape index (κ3) is 2.12. The molecule has 0 aliphatic heterocycles. The number of alkyl halides is 3. The Hall–Kier alpha value is -0.185. The van der Waals surface area contributed by atoms with Crippen LogP contribution in [0.4, 0.5) is 13.2 Å². The van der Waals surface area contributed by atoms with Gasteiger partial charge in [0.1, 0.15) is 7.85 Å². The minimum atomic E-state index is -4.33. The summed E-state index contributed by atoms with van der Waals surface area (Å²) in [6.45, 7) is 2.00. The highest BCUT2D eigenvalue weighted by molar-refractivity contribution is 6.08. The van der Waals surface area contributed by atoms with Crippen molar-refractivity contribution < 1.29 is 18.3 Å². The fourth-order valence-corrected chi connectivity index (χ4v) is 0.699. The molecule has 0 saturated carbocycles. The summed E-state index contributed by atoms with van der Waals surface area (Å²) in [6.07, 6.45) is -5.53. The highest BCUT2D eigenvalue weighted by Gasteiger charge is 2.51. The molecule has 0 radical (unpaired) electrons. The fourth-order valence-electron chi connectivity index (χ4n) is 0.699. The molecule has 0 bridgehead atoms. The molecular weight excluding hydrogens is 156 g/mol. The molecule has 0 saturated heterocycles. The van der Waals surface area contributed by atoms with Gasteiger partial charge in [0.05, 0.1) is 11.5 Å². The van der Waals surface area contributed by atoms with E-state index in [1.54, 1.807) is 0 Å². The molecular formula is C6H12BF3O. The van der Waals surface area contributed by atoms with Crippen LogP contribution in [0.15, 0.2) is 0 Å². The maximum Gasteiger partial charge on any atom is 0.396 e. The molecule has 5 heteroatoms. The Balaban J connectivity index is 4.45. The number of rotatable bonds is 2. The number of hydrogen-bond acceptors (Lipinski definition) is 1. The van der Waals surface area contributed by atoms with Gasteiger partial charge in [-0.25, -0.2) is 0 Å². The van der Waals surface area contributed by atoms with Gasteiger partial charge in [-0.15, -0.1) is 0 Å². The molecule has 0 heterocycles. The second kappa shape index (κ2) is 3.05. The fraction of sp³-hybridized carbons (Fsp3) is 1.00. The molecule has 0 amide bonds. The van der Waals surface area contributed by atoms with Crippen molar-refractivity contribution in [1.29, 1.82) is 0 Å². The molecule has 0 rings (SSSR count). The molecule has 0 aromatic carbocycles. The van der Waals surface area contributed by atoms with Crippen LogP contribution in [-0.2, 0) is 0 Å². The van der Waals surface area contributed by atoms with Gasteiger partial charge in [-0.3, -0.25) is 0 Å². The molecule has 1 nitrogen and oxygen atoms in total. The summed E-state index contributed by atoms with van der Waals surface area (Å²) in [5.41, 5.74) is -2.00. The average molecular weight is 168 g/mol. The predicted molar refractivity (Wildman–Crippen MR) is 39.2 cm³/mol. The standard InChI is InChI=1S/C6H12BF3O/c1-5(2,4(11)3-7)6(8,9)10/h4,11H,3,7H2,1-2H3. The maximum absolute atomic E-state index is 12.1. The van der Waals surface area contributed by atoms with E-state index in [9.17, 15) is 13.2 Å². The van der Waals surface area contributed by atoms with Crippen molar-refractivity contribution in [1.82, 2.24) is 0 Å². The summed E-state index contributed by atoms with van der Waals surface area (Å²) in [5.74, 6) is 0. The zero-order valence-electron chi connectivity index (χ0n) is 6.87. The summed E-state index contributed by atoms with van der Waals surface area (Å²) in [6, 6.07) is 0. The molecule has 1 N–H and O–H groups in total. The van der Waals surface area contributed by atoms with Gasteiger partial charge >= 0.3 is 6.18 Å². The highest BCUT2D eigenvalue weighted by Crippen LogP contribution is 2.40. The number of halogens is 3. The summed E-state index contributed by atoms with van der Waals surface area (Å²) in [7, 11) is 1.53. The lowest BCUT2D eigenvalue weighted by molar-refractivity contribution is -0.238. The molecule has 11 heavy (non-hydrogen) atoms. The van der Waals surface area contributed by atoms with Crippen LogP contribution in [0, 0.1) is 5.41 Å². The summed E-state index contributed by atoms with van der Waals surface area (Å²) in [4.78, 5) is 0. The van der Waals surface area contributed by atoms with E-state index >= 15 is 0 Å². The average Bonchev–Trinajstić information content (AvgIpc) is 1.83. The van der Waals surface area contributed by atoms with Gasteiger partial charge in [0.2, 0.25) is 0 Å². The quantitative estimate of drug-likeness (QED) is 0.609. The van der Waals surface area contributed by atoms with Crippen molar-refractivity contribution in [2.45, 2.75) is 32.4 Å². The zero-order chi connectivity index (χ0) is 9.28. The van der Waals surface area contributed by atoms with E-state index in [4.69, 9.17) is 5.11 Å². The molecule has 0 fully saturated rings. The minimum absolute atomic E-state index is 0.118. The Morgan fingerprint density at radius 1 is 1.36 bits per heavy atom. The lowest BCUT2D eigenvalue weighted by atomic mass is 9.79. The molecule has 0 spiro atoms. The van der Waals surface area contributed by atoms with Crippen LogP contribution in [0.25, 0.3) is 0 Å². The van der Waals surface area contributed by atoms with Gasteiger partial charge in [0.25, 0.3) is 0 Å². The Kier molecular flexibility index (Phi) is 3.00. The number of aliphatic hydroxyl groups is 1. The Morgan fingerprint density at radius 2 is 1.73 bits per heavy atom. The maximum atomic E-state index is 12.1. The van der Waals surface area contributed by atoms with Gasteiger partial charge in [0, 0.05) is 0 Å². The van der Waals surface area contributed by atoms with Crippen LogP contribution >= 0.6 is 0 Å². The first-order valence-corrected chi connectivity index (χ1v) is 3.48. The highest BCUT2D eigenvalue weighted by atomic mass is 19.4. The Labute approximate surface area is 65.0 Å². The summed E-state index contributed by atoms with van der Waals surface area (Å²) < 4.78 is 36.3. The van der Waals surface area contributed by atoms with Crippen molar-refractivity contribution in [2.24, 2.45) is 5.41 Å². The zero-order valence-corrected chi connectivity index (χ0v) is 6.87. The third-order valence-corrected chi connectivity index (χ3v) is 1.95. The smallest absolute Gasteiger partial charge is 0.393 e. The largest absolute Gasteiger partial charge is 0.396 e. The normalized spacial score (nSPS) is 16.5. The first-order valence-electron chi connectivity index (χ1n) is 3.48. The molecule has 0 aliphatic carbocycles.